The van der Waals surface area contributed by atoms with Gasteiger partial charge in [-0.3, -0.25) is 9.52 Å². The zero-order chi connectivity index (χ0) is 22.0. The van der Waals surface area contributed by atoms with Gasteiger partial charge in [-0.1, -0.05) is 38.1 Å². The van der Waals surface area contributed by atoms with Crippen LogP contribution in [0.3, 0.4) is 0 Å². The van der Waals surface area contributed by atoms with Crippen LogP contribution in [-0.4, -0.2) is 38.9 Å². The predicted molar refractivity (Wildman–Crippen MR) is 123 cm³/mol. The van der Waals surface area contributed by atoms with E-state index in [9.17, 15) is 13.2 Å². The summed E-state index contributed by atoms with van der Waals surface area (Å²) in [6.07, 6.45) is 3.45. The van der Waals surface area contributed by atoms with Crippen LogP contribution in [0, 0.1) is 6.92 Å². The van der Waals surface area contributed by atoms with Crippen molar-refractivity contribution in [2.24, 2.45) is 0 Å². The second-order valence-corrected chi connectivity index (χ2v) is 9.12. The molecule has 2 rings (SSSR count). The first-order valence-corrected chi connectivity index (χ1v) is 12.0. The molecule has 0 fully saturated rings. The summed E-state index contributed by atoms with van der Waals surface area (Å²) in [5, 5.41) is 2.88. The molecule has 0 heterocycles. The van der Waals surface area contributed by atoms with Crippen LogP contribution in [-0.2, 0) is 14.8 Å². The van der Waals surface area contributed by atoms with Crippen LogP contribution < -0.4 is 10.0 Å². The third-order valence-corrected chi connectivity index (χ3v) is 6.16. The minimum atomic E-state index is -3.68. The van der Waals surface area contributed by atoms with E-state index in [1.54, 1.807) is 48.5 Å². The quantitative estimate of drug-likeness (QED) is 0.513. The highest BCUT2D eigenvalue weighted by molar-refractivity contribution is 7.92. The lowest BCUT2D eigenvalue weighted by atomic mass is 10.2. The molecule has 1 amide bonds. The fraction of sp³-hybridized carbons (Fsp3) is 0.435. The van der Waals surface area contributed by atoms with Crippen molar-refractivity contribution in [1.29, 1.82) is 0 Å². The Bertz CT molecular complexity index is 909. The smallest absolute Gasteiger partial charge is 0.261 e. The van der Waals surface area contributed by atoms with Gasteiger partial charge < -0.3 is 10.2 Å². The van der Waals surface area contributed by atoms with Crippen molar-refractivity contribution < 1.29 is 13.2 Å². The van der Waals surface area contributed by atoms with Gasteiger partial charge in [-0.2, -0.15) is 0 Å². The van der Waals surface area contributed by atoms with Crippen molar-refractivity contribution in [2.75, 3.05) is 29.7 Å². The second-order valence-electron chi connectivity index (χ2n) is 7.44. The summed E-state index contributed by atoms with van der Waals surface area (Å²) in [7, 11) is -3.68. The van der Waals surface area contributed by atoms with Gasteiger partial charge in [0.2, 0.25) is 5.91 Å². The molecule has 0 aliphatic rings. The molecule has 0 unspecified atom stereocenters. The van der Waals surface area contributed by atoms with Crippen LogP contribution in [0.15, 0.2) is 53.4 Å². The van der Waals surface area contributed by atoms with Crippen LogP contribution in [0.4, 0.5) is 11.4 Å². The number of hydrogen-bond acceptors (Lipinski definition) is 4. The van der Waals surface area contributed by atoms with Crippen LogP contribution in [0.2, 0.25) is 0 Å². The molecular weight excluding hydrogens is 398 g/mol. The summed E-state index contributed by atoms with van der Waals surface area (Å²) in [6.45, 7) is 9.17. The number of aryl methyl sites for hydroxylation is 1. The summed E-state index contributed by atoms with van der Waals surface area (Å²) >= 11 is 0. The fourth-order valence-corrected chi connectivity index (χ4v) is 4.41. The standard InChI is InChI=1S/C23H33N3O3S/c1-4-15-26(16-5-2)17-9-12-23(27)24-20-14-13-19(3)22(18-20)25-30(28,29)21-10-7-6-8-11-21/h6-8,10-11,13-14,18,25H,4-5,9,12,15-17H2,1-3H3,(H,24,27). The van der Waals surface area contributed by atoms with Crippen LogP contribution >= 0.6 is 0 Å². The lowest BCUT2D eigenvalue weighted by molar-refractivity contribution is -0.116. The lowest BCUT2D eigenvalue weighted by Crippen LogP contribution is -2.27. The molecule has 0 aliphatic heterocycles. The number of nitrogens with zero attached hydrogens (tertiary/aromatic N) is 1. The molecule has 2 aromatic rings. The molecular formula is C23H33N3O3S. The van der Waals surface area contributed by atoms with Crippen molar-refractivity contribution in [3.63, 3.8) is 0 Å². The van der Waals surface area contributed by atoms with E-state index >= 15 is 0 Å². The van der Waals surface area contributed by atoms with Crippen LogP contribution in [0.1, 0.15) is 45.1 Å². The molecule has 7 heteroatoms. The number of rotatable bonds is 12. The van der Waals surface area contributed by atoms with Crippen molar-refractivity contribution in [2.45, 2.75) is 51.3 Å². The Balaban J connectivity index is 1.97. The van der Waals surface area contributed by atoms with Gasteiger partial charge in [0.15, 0.2) is 0 Å². The monoisotopic (exact) mass is 431 g/mol. The number of anilines is 2. The highest BCUT2D eigenvalue weighted by atomic mass is 32.2. The maximum Gasteiger partial charge on any atom is 0.261 e. The van der Waals surface area contributed by atoms with Crippen molar-refractivity contribution in [3.8, 4) is 0 Å². The lowest BCUT2D eigenvalue weighted by Gasteiger charge is -2.20. The van der Waals surface area contributed by atoms with Gasteiger partial charge in [0.25, 0.3) is 10.0 Å². The Morgan fingerprint density at radius 2 is 1.63 bits per heavy atom. The molecule has 0 aliphatic carbocycles. The van der Waals surface area contributed by atoms with E-state index in [-0.39, 0.29) is 10.8 Å². The number of carbonyl (C=O) groups excluding carboxylic acids is 1. The molecule has 0 saturated carbocycles. The maximum atomic E-state index is 12.6. The normalized spacial score (nSPS) is 11.5. The third kappa shape index (κ3) is 7.46. The van der Waals surface area contributed by atoms with E-state index in [1.165, 1.54) is 0 Å². The first-order chi connectivity index (χ1) is 14.4. The largest absolute Gasteiger partial charge is 0.326 e. The Kier molecular flexibility index (Phi) is 9.33. The Morgan fingerprint density at radius 3 is 2.27 bits per heavy atom. The molecule has 0 aromatic heterocycles. The SMILES string of the molecule is CCCN(CCC)CCCC(=O)Nc1ccc(C)c(NS(=O)(=O)c2ccccc2)c1. The van der Waals surface area contributed by atoms with Crippen LogP contribution in [0.25, 0.3) is 0 Å². The van der Waals surface area contributed by atoms with Crippen molar-refractivity contribution >= 4 is 27.3 Å². The zero-order valence-corrected chi connectivity index (χ0v) is 19.0. The molecule has 0 atom stereocenters. The number of carbonyl (C=O) groups is 1. The highest BCUT2D eigenvalue weighted by Gasteiger charge is 2.15. The number of sulfonamides is 1. The molecule has 2 N–H and O–H groups in total. The summed E-state index contributed by atoms with van der Waals surface area (Å²) in [5.41, 5.74) is 1.81. The number of benzene rings is 2. The average molecular weight is 432 g/mol. The van der Waals surface area contributed by atoms with Crippen molar-refractivity contribution in [3.05, 3.63) is 54.1 Å². The number of hydrogen-bond donors (Lipinski definition) is 2. The third-order valence-electron chi connectivity index (χ3n) is 4.78. The van der Waals surface area contributed by atoms with E-state index in [1.807, 2.05) is 6.92 Å². The Labute approximate surface area is 180 Å². The zero-order valence-electron chi connectivity index (χ0n) is 18.1. The minimum Gasteiger partial charge on any atom is -0.326 e. The molecule has 0 radical (unpaired) electrons. The van der Waals surface area contributed by atoms with Gasteiger partial charge in [-0.05, 0) is 75.6 Å². The fourth-order valence-electron chi connectivity index (χ4n) is 3.27. The van der Waals surface area contributed by atoms with Gasteiger partial charge >= 0.3 is 0 Å². The van der Waals surface area contributed by atoms with E-state index in [0.717, 1.165) is 44.5 Å². The Hall–Kier alpha value is -2.38. The maximum absolute atomic E-state index is 12.6. The van der Waals surface area contributed by atoms with Gasteiger partial charge in [0.1, 0.15) is 0 Å². The molecule has 30 heavy (non-hydrogen) atoms. The number of nitrogens with one attached hydrogen (secondary N) is 2. The van der Waals surface area contributed by atoms with Gasteiger partial charge in [0.05, 0.1) is 10.6 Å². The predicted octanol–water partition coefficient (Wildman–Crippen LogP) is 4.64. The first-order valence-electron chi connectivity index (χ1n) is 10.6. The topological polar surface area (TPSA) is 78.5 Å². The summed E-state index contributed by atoms with van der Waals surface area (Å²) < 4.78 is 27.8. The molecule has 0 saturated heterocycles. The second kappa shape index (κ2) is 11.7. The Morgan fingerprint density at radius 1 is 0.967 bits per heavy atom. The highest BCUT2D eigenvalue weighted by Crippen LogP contribution is 2.23. The van der Waals surface area contributed by atoms with Crippen molar-refractivity contribution in [1.82, 2.24) is 4.90 Å². The molecule has 164 valence electrons. The number of amides is 1. The molecule has 2 aromatic carbocycles. The van der Waals surface area contributed by atoms with E-state index in [4.69, 9.17) is 0 Å². The van der Waals surface area contributed by atoms with Gasteiger partial charge in [-0.15, -0.1) is 0 Å². The van der Waals surface area contributed by atoms with E-state index in [2.05, 4.69) is 28.8 Å². The molecule has 0 spiro atoms. The molecule has 0 bridgehead atoms. The first kappa shape index (κ1) is 23.9. The summed E-state index contributed by atoms with van der Waals surface area (Å²) in [6, 6.07) is 13.5. The van der Waals surface area contributed by atoms with E-state index in [0.29, 0.717) is 17.8 Å². The summed E-state index contributed by atoms with van der Waals surface area (Å²) in [5.74, 6) is -0.0660. The molecule has 6 nitrogen and oxygen atoms in total. The minimum absolute atomic E-state index is 0.0660. The summed E-state index contributed by atoms with van der Waals surface area (Å²) in [4.78, 5) is 14.9. The average Bonchev–Trinajstić information content (AvgIpc) is 2.71. The van der Waals surface area contributed by atoms with E-state index < -0.39 is 10.0 Å². The van der Waals surface area contributed by atoms with Gasteiger partial charge in [-0.25, -0.2) is 8.42 Å². The van der Waals surface area contributed by atoms with Gasteiger partial charge in [0, 0.05) is 12.1 Å². The van der Waals surface area contributed by atoms with Crippen LogP contribution in [0.5, 0.6) is 0 Å².